The van der Waals surface area contributed by atoms with Crippen LogP contribution in [0.5, 0.6) is 0 Å². The van der Waals surface area contributed by atoms with Crippen molar-refractivity contribution in [1.82, 2.24) is 19.8 Å². The van der Waals surface area contributed by atoms with E-state index in [0.717, 1.165) is 16.5 Å². The molecule has 7 heteroatoms. The highest BCUT2D eigenvalue weighted by Gasteiger charge is 2.46. The number of amides is 1. The molecule has 3 heterocycles. The molecule has 7 nitrogen and oxygen atoms in total. The number of H-pyrrole nitrogens is 1. The van der Waals surface area contributed by atoms with E-state index in [4.69, 9.17) is 0 Å². The van der Waals surface area contributed by atoms with Gasteiger partial charge in [0.25, 0.3) is 11.7 Å². The van der Waals surface area contributed by atoms with E-state index in [-0.39, 0.29) is 11.3 Å². The van der Waals surface area contributed by atoms with Gasteiger partial charge < -0.3 is 19.9 Å². The number of aromatic nitrogens is 2. The molecule has 2 N–H and O–H groups in total. The molecular formula is C22H22N4O3. The van der Waals surface area contributed by atoms with E-state index >= 15 is 0 Å². The molecule has 148 valence electrons. The second-order valence-corrected chi connectivity index (χ2v) is 7.32. The molecule has 1 fully saturated rings. The molecule has 1 aliphatic rings. The summed E-state index contributed by atoms with van der Waals surface area (Å²) in [5, 5.41) is 11.9. The summed E-state index contributed by atoms with van der Waals surface area (Å²) >= 11 is 0. The molecule has 0 aliphatic carbocycles. The van der Waals surface area contributed by atoms with Gasteiger partial charge in [0.15, 0.2) is 0 Å². The van der Waals surface area contributed by atoms with Crippen LogP contribution in [0.15, 0.2) is 60.6 Å². The Morgan fingerprint density at radius 1 is 1.17 bits per heavy atom. The number of aliphatic hydroxyl groups is 1. The number of nitrogens with one attached hydrogen (secondary N) is 1. The van der Waals surface area contributed by atoms with Crippen molar-refractivity contribution in [2.24, 2.45) is 0 Å². The van der Waals surface area contributed by atoms with E-state index in [2.05, 4.69) is 9.97 Å². The lowest BCUT2D eigenvalue weighted by Gasteiger charge is -2.26. The molecule has 0 bridgehead atoms. The number of carbonyl (C=O) groups is 2. The van der Waals surface area contributed by atoms with E-state index in [9.17, 15) is 14.7 Å². The summed E-state index contributed by atoms with van der Waals surface area (Å²) in [4.78, 5) is 36.4. The molecule has 0 saturated carbocycles. The average molecular weight is 390 g/mol. The first-order chi connectivity index (χ1) is 14.0. The first-order valence-corrected chi connectivity index (χ1v) is 9.38. The molecule has 2 aromatic heterocycles. The Labute approximate surface area is 168 Å². The summed E-state index contributed by atoms with van der Waals surface area (Å²) in [5.41, 5.74) is 2.19. The number of benzene rings is 1. The van der Waals surface area contributed by atoms with Crippen LogP contribution in [0.25, 0.3) is 16.7 Å². The maximum atomic E-state index is 13.0. The SMILES string of the molecule is CN(C)CCN1C(=O)C(=O)/C(=C(/O)c2c[nH]c3ccccc23)[C@@H]1c1ccncc1. The van der Waals surface area contributed by atoms with Crippen LogP contribution in [0.2, 0.25) is 0 Å². The van der Waals surface area contributed by atoms with Gasteiger partial charge in [0.05, 0.1) is 11.6 Å². The molecule has 1 saturated heterocycles. The van der Waals surface area contributed by atoms with E-state index in [0.29, 0.717) is 18.7 Å². The largest absolute Gasteiger partial charge is 0.507 e. The van der Waals surface area contributed by atoms with Gasteiger partial charge in [-0.1, -0.05) is 18.2 Å². The van der Waals surface area contributed by atoms with Crippen LogP contribution < -0.4 is 0 Å². The third-order valence-electron chi connectivity index (χ3n) is 5.19. The third-order valence-corrected chi connectivity index (χ3v) is 5.19. The Morgan fingerprint density at radius 3 is 2.62 bits per heavy atom. The fourth-order valence-electron chi connectivity index (χ4n) is 3.72. The highest BCUT2D eigenvalue weighted by atomic mass is 16.3. The van der Waals surface area contributed by atoms with Gasteiger partial charge in [-0.15, -0.1) is 0 Å². The third kappa shape index (κ3) is 3.30. The fourth-order valence-corrected chi connectivity index (χ4v) is 3.72. The zero-order chi connectivity index (χ0) is 20.5. The van der Waals surface area contributed by atoms with Crippen molar-refractivity contribution < 1.29 is 14.7 Å². The molecule has 1 aliphatic heterocycles. The van der Waals surface area contributed by atoms with Gasteiger partial charge >= 0.3 is 0 Å². The van der Waals surface area contributed by atoms with Crippen molar-refractivity contribution in [3.8, 4) is 0 Å². The van der Waals surface area contributed by atoms with Gasteiger partial charge in [0.1, 0.15) is 5.76 Å². The summed E-state index contributed by atoms with van der Waals surface area (Å²) in [6, 6.07) is 10.4. The minimum absolute atomic E-state index is 0.102. The number of pyridine rings is 1. The van der Waals surface area contributed by atoms with Gasteiger partial charge in [-0.25, -0.2) is 0 Å². The van der Waals surface area contributed by atoms with Gasteiger partial charge in [-0.3, -0.25) is 14.6 Å². The predicted octanol–water partition coefficient (Wildman–Crippen LogP) is 2.55. The molecule has 1 atom stereocenters. The van der Waals surface area contributed by atoms with Crippen molar-refractivity contribution in [3.05, 3.63) is 71.7 Å². The number of nitrogens with zero attached hydrogens (tertiary/aromatic N) is 3. The number of carbonyl (C=O) groups excluding carboxylic acids is 2. The number of ketones is 1. The van der Waals surface area contributed by atoms with Crippen molar-refractivity contribution >= 4 is 28.4 Å². The molecule has 1 aromatic carbocycles. The minimum atomic E-state index is -0.673. The van der Waals surface area contributed by atoms with E-state index < -0.39 is 17.7 Å². The predicted molar refractivity (Wildman–Crippen MR) is 110 cm³/mol. The number of aromatic amines is 1. The Kier molecular flexibility index (Phi) is 4.90. The Bertz CT molecular complexity index is 1100. The molecule has 29 heavy (non-hydrogen) atoms. The average Bonchev–Trinajstić information content (AvgIpc) is 3.26. The summed E-state index contributed by atoms with van der Waals surface area (Å²) in [7, 11) is 3.81. The number of hydrogen-bond acceptors (Lipinski definition) is 5. The second-order valence-electron chi connectivity index (χ2n) is 7.32. The monoisotopic (exact) mass is 390 g/mol. The maximum absolute atomic E-state index is 13.0. The fraction of sp³-hybridized carbons (Fsp3) is 0.227. The van der Waals surface area contributed by atoms with Crippen LogP contribution >= 0.6 is 0 Å². The Balaban J connectivity index is 1.88. The second kappa shape index (κ2) is 7.52. The topological polar surface area (TPSA) is 89.5 Å². The lowest BCUT2D eigenvalue weighted by molar-refractivity contribution is -0.140. The molecule has 0 unspecified atom stereocenters. The normalized spacial score (nSPS) is 18.9. The van der Waals surface area contributed by atoms with Crippen LogP contribution in [0.1, 0.15) is 17.2 Å². The quantitative estimate of drug-likeness (QED) is 0.397. The molecular weight excluding hydrogens is 368 g/mol. The highest BCUT2D eigenvalue weighted by molar-refractivity contribution is 6.46. The number of aliphatic hydroxyl groups excluding tert-OH is 1. The Hall–Kier alpha value is -3.45. The Morgan fingerprint density at radius 2 is 1.90 bits per heavy atom. The van der Waals surface area contributed by atoms with Gasteiger partial charge in [-0.2, -0.15) is 0 Å². The summed E-state index contributed by atoms with van der Waals surface area (Å²) in [6.07, 6.45) is 4.90. The molecule has 0 radical (unpaired) electrons. The first kappa shape index (κ1) is 18.9. The minimum Gasteiger partial charge on any atom is -0.507 e. The molecule has 1 amide bonds. The number of likely N-dealkylation sites (tertiary alicyclic amines) is 1. The van der Waals surface area contributed by atoms with Crippen molar-refractivity contribution in [3.63, 3.8) is 0 Å². The van der Waals surface area contributed by atoms with E-state index in [1.54, 1.807) is 30.7 Å². The van der Waals surface area contributed by atoms with Gasteiger partial charge in [0, 0.05) is 48.1 Å². The van der Waals surface area contributed by atoms with Crippen molar-refractivity contribution in [1.29, 1.82) is 0 Å². The van der Waals surface area contributed by atoms with Crippen LogP contribution in [-0.2, 0) is 9.59 Å². The number of fused-ring (bicyclic) bond motifs is 1. The van der Waals surface area contributed by atoms with Crippen molar-refractivity contribution in [2.75, 3.05) is 27.2 Å². The maximum Gasteiger partial charge on any atom is 0.295 e. The summed E-state index contributed by atoms with van der Waals surface area (Å²) in [6.45, 7) is 0.969. The summed E-state index contributed by atoms with van der Waals surface area (Å²) < 4.78 is 0. The lowest BCUT2D eigenvalue weighted by atomic mass is 9.96. The van der Waals surface area contributed by atoms with Crippen LogP contribution in [0.4, 0.5) is 0 Å². The van der Waals surface area contributed by atoms with E-state index in [1.165, 1.54) is 4.90 Å². The number of likely N-dealkylation sites (N-methyl/N-ethyl adjacent to an activating group) is 1. The van der Waals surface area contributed by atoms with Gasteiger partial charge in [-0.05, 0) is 37.9 Å². The van der Waals surface area contributed by atoms with Crippen molar-refractivity contribution in [2.45, 2.75) is 6.04 Å². The van der Waals surface area contributed by atoms with Gasteiger partial charge in [0.2, 0.25) is 0 Å². The first-order valence-electron chi connectivity index (χ1n) is 9.38. The molecule has 0 spiro atoms. The summed E-state index contributed by atoms with van der Waals surface area (Å²) in [5.74, 6) is -1.45. The number of para-hydroxylation sites is 1. The van der Waals surface area contributed by atoms with Crippen LogP contribution in [0, 0.1) is 0 Å². The van der Waals surface area contributed by atoms with E-state index in [1.807, 2.05) is 43.3 Å². The van der Waals surface area contributed by atoms with Crippen LogP contribution in [0.3, 0.4) is 0 Å². The van der Waals surface area contributed by atoms with Crippen LogP contribution in [-0.4, -0.2) is 63.7 Å². The smallest absolute Gasteiger partial charge is 0.295 e. The number of hydrogen-bond donors (Lipinski definition) is 2. The number of rotatable bonds is 5. The standard InChI is InChI=1S/C22H22N4O3/c1-25(2)11-12-26-19(14-7-9-23-10-8-14)18(21(28)22(26)29)20(27)16-13-24-17-6-4-3-5-15(16)17/h3-10,13,19,24,27H,11-12H2,1-2H3/b20-18+/t19-/m0/s1. The zero-order valence-corrected chi connectivity index (χ0v) is 16.3. The highest BCUT2D eigenvalue weighted by Crippen LogP contribution is 2.40. The zero-order valence-electron chi connectivity index (χ0n) is 16.3. The lowest BCUT2D eigenvalue weighted by Crippen LogP contribution is -2.35. The molecule has 4 rings (SSSR count). The number of Topliss-reactive ketones (excluding diaryl/α,β-unsaturated/α-hetero) is 1. The molecule has 3 aromatic rings.